The lowest BCUT2D eigenvalue weighted by atomic mass is 10.0. The van der Waals surface area contributed by atoms with Gasteiger partial charge in [0.15, 0.2) is 12.3 Å². The maximum atomic E-state index is 13.2. The normalized spacial score (nSPS) is 10.9. The fourth-order valence-corrected chi connectivity index (χ4v) is 4.38. The van der Waals surface area contributed by atoms with Gasteiger partial charge in [-0.2, -0.15) is 8.75 Å². The van der Waals surface area contributed by atoms with Crippen LogP contribution in [-0.4, -0.2) is 62.5 Å². The number of hydrogen-bond acceptors (Lipinski definition) is 10. The van der Waals surface area contributed by atoms with Crippen molar-refractivity contribution in [1.29, 1.82) is 0 Å². The lowest BCUT2D eigenvalue weighted by molar-refractivity contribution is -0.139. The van der Waals surface area contributed by atoms with E-state index in [-0.39, 0.29) is 18.8 Å². The molecule has 0 aliphatic carbocycles. The highest BCUT2D eigenvalue weighted by Gasteiger charge is 2.27. The molecule has 0 fully saturated rings. The van der Waals surface area contributed by atoms with Crippen LogP contribution in [0.15, 0.2) is 36.4 Å². The molecular formula is C26H28N4O7S. The summed E-state index contributed by atoms with van der Waals surface area (Å²) in [6, 6.07) is 10.8. The number of aliphatic carboxylic acids is 1. The molecule has 0 spiro atoms. The highest BCUT2D eigenvalue weighted by Crippen LogP contribution is 2.31. The molecule has 200 valence electrons. The second-order valence-corrected chi connectivity index (χ2v) is 8.81. The van der Waals surface area contributed by atoms with Gasteiger partial charge in [-0.25, -0.2) is 14.3 Å². The Kier molecular flexibility index (Phi) is 8.74. The second kappa shape index (κ2) is 12.4. The summed E-state index contributed by atoms with van der Waals surface area (Å²) in [7, 11) is 1.50. The Labute approximate surface area is 223 Å². The van der Waals surface area contributed by atoms with Crippen LogP contribution in [0, 0.1) is 0 Å². The Morgan fingerprint density at radius 1 is 1.05 bits per heavy atom. The van der Waals surface area contributed by atoms with Crippen molar-refractivity contribution in [3.05, 3.63) is 58.8 Å². The summed E-state index contributed by atoms with van der Waals surface area (Å²) in [6.07, 6.45) is 1.11. The monoisotopic (exact) mass is 540 g/mol. The van der Waals surface area contributed by atoms with Crippen LogP contribution in [0.1, 0.15) is 47.4 Å². The van der Waals surface area contributed by atoms with E-state index in [2.05, 4.69) is 13.8 Å². The fraction of sp³-hybridized carbons (Fsp3) is 0.346. The molecule has 0 aliphatic rings. The number of carbonyl (C=O) groups is 2. The first-order valence-corrected chi connectivity index (χ1v) is 12.8. The molecule has 0 aliphatic heterocycles. The van der Waals surface area contributed by atoms with Gasteiger partial charge in [-0.15, -0.1) is 5.10 Å². The third-order valence-corrected chi connectivity index (χ3v) is 6.13. The smallest absolute Gasteiger partial charge is 0.357 e. The van der Waals surface area contributed by atoms with E-state index in [1.165, 1.54) is 11.8 Å². The molecule has 0 saturated carbocycles. The molecule has 12 heteroatoms. The van der Waals surface area contributed by atoms with Crippen molar-refractivity contribution in [3.8, 4) is 17.4 Å². The van der Waals surface area contributed by atoms with Crippen LogP contribution < -0.4 is 14.2 Å². The highest BCUT2D eigenvalue weighted by molar-refractivity contribution is 7.00. The molecule has 2 aromatic carbocycles. The topological polar surface area (TPSA) is 135 Å². The largest absolute Gasteiger partial charge is 0.497 e. The van der Waals surface area contributed by atoms with Gasteiger partial charge in [-0.1, -0.05) is 13.0 Å². The molecule has 2 aromatic heterocycles. The number of fused-ring (bicyclic) bond motifs is 1. The van der Waals surface area contributed by atoms with Crippen LogP contribution in [0.3, 0.4) is 0 Å². The van der Waals surface area contributed by atoms with Crippen LogP contribution in [-0.2, 0) is 22.5 Å². The molecule has 0 radical (unpaired) electrons. The van der Waals surface area contributed by atoms with Crippen molar-refractivity contribution >= 4 is 34.7 Å². The molecule has 4 rings (SSSR count). The first-order valence-electron chi connectivity index (χ1n) is 12.1. The molecule has 11 nitrogen and oxygen atoms in total. The minimum Gasteiger partial charge on any atom is -0.497 e. The number of aromatic nitrogens is 4. The summed E-state index contributed by atoms with van der Waals surface area (Å²) in [5, 5.41) is 13.8. The van der Waals surface area contributed by atoms with Gasteiger partial charge in [0.25, 0.3) is 0 Å². The number of rotatable bonds is 13. The lowest BCUT2D eigenvalue weighted by Crippen LogP contribution is -2.17. The minimum atomic E-state index is -1.12. The Morgan fingerprint density at radius 2 is 1.87 bits per heavy atom. The molecule has 0 bridgehead atoms. The van der Waals surface area contributed by atoms with Crippen molar-refractivity contribution in [3.63, 3.8) is 0 Å². The SMILES string of the molecule is CCCOc1nn(Cc2ccc(OC)cc2OCC(=O)O)c(C(=O)OCC)c1Cc1ccc2nsnc2c1. The summed E-state index contributed by atoms with van der Waals surface area (Å²) in [5.41, 5.74) is 3.91. The number of methoxy groups -OCH3 is 1. The number of nitrogens with zero attached hydrogens (tertiary/aromatic N) is 4. The first kappa shape index (κ1) is 26.9. The molecule has 0 saturated heterocycles. The maximum absolute atomic E-state index is 13.2. The van der Waals surface area contributed by atoms with Crippen LogP contribution in [0.2, 0.25) is 0 Å². The summed E-state index contributed by atoms with van der Waals surface area (Å²) in [6.45, 7) is 3.88. The Morgan fingerprint density at radius 3 is 2.61 bits per heavy atom. The molecule has 38 heavy (non-hydrogen) atoms. The average molecular weight is 541 g/mol. The maximum Gasteiger partial charge on any atom is 0.357 e. The summed E-state index contributed by atoms with van der Waals surface area (Å²) >= 11 is 1.14. The van der Waals surface area contributed by atoms with Gasteiger partial charge in [0, 0.05) is 18.1 Å². The van der Waals surface area contributed by atoms with Gasteiger partial charge in [0.1, 0.15) is 22.5 Å². The summed E-state index contributed by atoms with van der Waals surface area (Å²) in [4.78, 5) is 24.4. The second-order valence-electron chi connectivity index (χ2n) is 8.28. The van der Waals surface area contributed by atoms with E-state index >= 15 is 0 Å². The molecule has 4 aromatic rings. The predicted octanol–water partition coefficient (Wildman–Crippen LogP) is 3.96. The van der Waals surface area contributed by atoms with Gasteiger partial charge >= 0.3 is 11.9 Å². The molecule has 0 unspecified atom stereocenters. The standard InChI is InChI=1S/C26H28N4O7S/c1-4-10-36-25-19(11-16-6-9-20-21(12-16)29-38-28-20)24(26(33)35-5-2)30(27-25)14-17-7-8-18(34-3)13-22(17)37-15-23(31)32/h6-9,12-13H,4-5,10-11,14-15H2,1-3H3,(H,31,32). The van der Waals surface area contributed by atoms with E-state index in [0.717, 1.165) is 34.7 Å². The third-order valence-electron chi connectivity index (χ3n) is 5.57. The van der Waals surface area contributed by atoms with E-state index in [9.17, 15) is 9.59 Å². The van der Waals surface area contributed by atoms with Gasteiger partial charge in [-0.3, -0.25) is 0 Å². The van der Waals surface area contributed by atoms with Crippen molar-refractivity contribution in [2.24, 2.45) is 0 Å². The Bertz CT molecular complexity index is 1430. The Balaban J connectivity index is 1.78. The van der Waals surface area contributed by atoms with Gasteiger partial charge in [0.05, 0.1) is 44.2 Å². The molecule has 0 amide bonds. The van der Waals surface area contributed by atoms with Crippen LogP contribution >= 0.6 is 11.7 Å². The number of hydrogen-bond donors (Lipinski definition) is 1. The zero-order chi connectivity index (χ0) is 27.1. The predicted molar refractivity (Wildman–Crippen MR) is 139 cm³/mol. The van der Waals surface area contributed by atoms with E-state index in [4.69, 9.17) is 24.1 Å². The molecular weight excluding hydrogens is 512 g/mol. The molecule has 2 heterocycles. The van der Waals surface area contributed by atoms with Crippen molar-refractivity contribution in [1.82, 2.24) is 18.5 Å². The summed E-state index contributed by atoms with van der Waals surface area (Å²) in [5.74, 6) is -0.530. The number of carbonyl (C=O) groups excluding carboxylic acids is 1. The summed E-state index contributed by atoms with van der Waals surface area (Å²) < 4.78 is 32.2. The van der Waals surface area contributed by atoms with Crippen molar-refractivity contribution in [2.75, 3.05) is 26.9 Å². The van der Waals surface area contributed by atoms with Gasteiger partial charge in [0.2, 0.25) is 5.88 Å². The van der Waals surface area contributed by atoms with Crippen LogP contribution in [0.25, 0.3) is 11.0 Å². The Hall–Kier alpha value is -4.19. The highest BCUT2D eigenvalue weighted by atomic mass is 32.1. The number of ether oxygens (including phenoxy) is 4. The zero-order valence-electron chi connectivity index (χ0n) is 21.3. The molecule has 0 atom stereocenters. The quantitative estimate of drug-likeness (QED) is 0.248. The van der Waals surface area contributed by atoms with Gasteiger partial charge in [-0.05, 0) is 43.2 Å². The van der Waals surface area contributed by atoms with E-state index < -0.39 is 18.5 Å². The van der Waals surface area contributed by atoms with E-state index in [0.29, 0.717) is 41.5 Å². The van der Waals surface area contributed by atoms with Crippen LogP contribution in [0.5, 0.6) is 17.4 Å². The fourth-order valence-electron chi connectivity index (χ4n) is 3.86. The lowest BCUT2D eigenvalue weighted by Gasteiger charge is -2.14. The number of esters is 1. The molecule has 1 N–H and O–H groups in total. The van der Waals surface area contributed by atoms with Gasteiger partial charge < -0.3 is 24.1 Å². The first-order chi connectivity index (χ1) is 18.4. The number of carboxylic acids is 1. The minimum absolute atomic E-state index is 0.102. The zero-order valence-corrected chi connectivity index (χ0v) is 22.1. The van der Waals surface area contributed by atoms with Crippen molar-refractivity contribution < 1.29 is 33.6 Å². The third kappa shape index (κ3) is 6.20. The van der Waals surface area contributed by atoms with E-state index in [1.807, 2.05) is 25.1 Å². The number of carboxylic acid groups (broad SMARTS) is 1. The number of benzene rings is 2. The average Bonchev–Trinajstić information content (AvgIpc) is 3.51. The van der Waals surface area contributed by atoms with E-state index in [1.54, 1.807) is 25.1 Å². The van der Waals surface area contributed by atoms with Crippen molar-refractivity contribution in [2.45, 2.75) is 33.2 Å². The van der Waals surface area contributed by atoms with Crippen LogP contribution in [0.4, 0.5) is 0 Å².